The van der Waals surface area contributed by atoms with E-state index in [0.717, 1.165) is 36.1 Å². The van der Waals surface area contributed by atoms with E-state index in [0.29, 0.717) is 21.3 Å². The fourth-order valence-corrected chi connectivity index (χ4v) is 4.41. The summed E-state index contributed by atoms with van der Waals surface area (Å²) < 4.78 is 0. The Morgan fingerprint density at radius 2 is 1.88 bits per heavy atom. The maximum Gasteiger partial charge on any atom is 0.324 e. The Labute approximate surface area is 153 Å². The summed E-state index contributed by atoms with van der Waals surface area (Å²) in [4.78, 5) is 25.2. The number of halogens is 2. The van der Waals surface area contributed by atoms with E-state index in [1.165, 1.54) is 11.3 Å². The van der Waals surface area contributed by atoms with Crippen molar-refractivity contribution >= 4 is 57.2 Å². The fraction of sp³-hybridized carbons (Fsp3) is 0.250. The number of hydrogen-bond donors (Lipinski definition) is 3. The number of carbonyl (C=O) groups excluding carboxylic acids is 2. The Kier molecular flexibility index (Phi) is 4.99. The van der Waals surface area contributed by atoms with E-state index in [1.807, 2.05) is 0 Å². The number of benzene rings is 1. The lowest BCUT2D eigenvalue weighted by molar-refractivity contribution is 0.100. The lowest BCUT2D eigenvalue weighted by Crippen LogP contribution is -2.22. The summed E-state index contributed by atoms with van der Waals surface area (Å²) in [5.41, 5.74) is 7.29. The molecule has 1 aliphatic rings. The number of urea groups is 1. The number of amides is 3. The van der Waals surface area contributed by atoms with Gasteiger partial charge in [-0.05, 0) is 43.4 Å². The molecule has 1 aliphatic carbocycles. The molecule has 0 atom stereocenters. The molecule has 8 heteroatoms. The minimum absolute atomic E-state index is 0.259. The van der Waals surface area contributed by atoms with Gasteiger partial charge in [-0.25, -0.2) is 4.79 Å². The summed E-state index contributed by atoms with van der Waals surface area (Å²) in [5, 5.41) is 6.43. The number of nitrogens with two attached hydrogens (primary N) is 1. The van der Waals surface area contributed by atoms with Crippen LogP contribution in [0.15, 0.2) is 18.2 Å². The molecule has 0 saturated carbocycles. The fourth-order valence-electron chi connectivity index (χ4n) is 2.77. The van der Waals surface area contributed by atoms with Crippen LogP contribution in [-0.4, -0.2) is 11.9 Å². The normalized spacial score (nSPS) is 13.2. The Hall–Kier alpha value is -1.76. The predicted molar refractivity (Wildman–Crippen MR) is 98.6 cm³/mol. The maximum atomic E-state index is 12.3. The lowest BCUT2D eigenvalue weighted by atomic mass is 9.95. The first-order chi connectivity index (χ1) is 11.5. The van der Waals surface area contributed by atoms with Gasteiger partial charge in [-0.2, -0.15) is 0 Å². The molecule has 0 fully saturated rings. The standard InChI is InChI=1S/C16H15Cl2N3O2S/c17-9-5-3-6-10(13(9)18)20-16(23)21-15-12(14(19)22)8-4-1-2-7-11(8)24-15/h3,5-6H,1-2,4,7H2,(H2,19,22)(H2,20,21,23). The molecule has 3 amide bonds. The highest BCUT2D eigenvalue weighted by molar-refractivity contribution is 7.17. The van der Waals surface area contributed by atoms with Crippen LogP contribution in [0.3, 0.4) is 0 Å². The average molecular weight is 384 g/mol. The molecule has 2 aromatic rings. The molecular weight excluding hydrogens is 369 g/mol. The van der Waals surface area contributed by atoms with Gasteiger partial charge >= 0.3 is 6.03 Å². The van der Waals surface area contributed by atoms with Gasteiger partial charge in [-0.3, -0.25) is 10.1 Å². The first-order valence-corrected chi connectivity index (χ1v) is 9.01. The third kappa shape index (κ3) is 3.36. The first kappa shape index (κ1) is 17.1. The molecule has 4 N–H and O–H groups in total. The van der Waals surface area contributed by atoms with E-state index in [9.17, 15) is 9.59 Å². The van der Waals surface area contributed by atoms with Crippen molar-refractivity contribution < 1.29 is 9.59 Å². The van der Waals surface area contributed by atoms with E-state index < -0.39 is 11.9 Å². The third-order valence-electron chi connectivity index (χ3n) is 3.84. The average Bonchev–Trinajstić information content (AvgIpc) is 2.89. The summed E-state index contributed by atoms with van der Waals surface area (Å²) in [5.74, 6) is -0.523. The van der Waals surface area contributed by atoms with Crippen molar-refractivity contribution in [2.75, 3.05) is 10.6 Å². The van der Waals surface area contributed by atoms with E-state index in [-0.39, 0.29) is 5.02 Å². The lowest BCUT2D eigenvalue weighted by Gasteiger charge is -2.11. The minimum Gasteiger partial charge on any atom is -0.365 e. The largest absolute Gasteiger partial charge is 0.365 e. The van der Waals surface area contributed by atoms with E-state index >= 15 is 0 Å². The number of primary amides is 1. The van der Waals surface area contributed by atoms with Gasteiger partial charge in [0.25, 0.3) is 5.91 Å². The zero-order chi connectivity index (χ0) is 17.3. The summed E-state index contributed by atoms with van der Waals surface area (Å²) in [7, 11) is 0. The monoisotopic (exact) mass is 383 g/mol. The van der Waals surface area contributed by atoms with Gasteiger partial charge < -0.3 is 11.1 Å². The van der Waals surface area contributed by atoms with Crippen LogP contribution in [0.1, 0.15) is 33.6 Å². The Morgan fingerprint density at radius 3 is 2.62 bits per heavy atom. The van der Waals surface area contributed by atoms with Gasteiger partial charge in [-0.1, -0.05) is 29.3 Å². The van der Waals surface area contributed by atoms with Crippen LogP contribution in [0, 0.1) is 0 Å². The SMILES string of the molecule is NC(=O)c1c(NC(=O)Nc2cccc(Cl)c2Cl)sc2c1CCCC2. The molecule has 24 heavy (non-hydrogen) atoms. The van der Waals surface area contributed by atoms with Crippen molar-refractivity contribution in [3.05, 3.63) is 44.2 Å². The predicted octanol–water partition coefficient (Wildman–Crippen LogP) is 4.68. The molecule has 0 spiro atoms. The molecular formula is C16H15Cl2N3O2S. The van der Waals surface area contributed by atoms with Crippen LogP contribution in [0.2, 0.25) is 10.0 Å². The van der Waals surface area contributed by atoms with Gasteiger partial charge in [0, 0.05) is 4.88 Å². The van der Waals surface area contributed by atoms with Crippen LogP contribution in [0.5, 0.6) is 0 Å². The first-order valence-electron chi connectivity index (χ1n) is 7.43. The van der Waals surface area contributed by atoms with Crippen LogP contribution < -0.4 is 16.4 Å². The van der Waals surface area contributed by atoms with Gasteiger partial charge in [0.2, 0.25) is 0 Å². The summed E-state index contributed by atoms with van der Waals surface area (Å²) in [6, 6.07) is 4.45. The molecule has 1 heterocycles. The smallest absolute Gasteiger partial charge is 0.324 e. The molecule has 0 aliphatic heterocycles. The minimum atomic E-state index is -0.523. The molecule has 0 radical (unpaired) electrons. The number of nitrogens with one attached hydrogen (secondary N) is 2. The Bertz CT molecular complexity index is 820. The van der Waals surface area contributed by atoms with Crippen LogP contribution in [-0.2, 0) is 12.8 Å². The second-order valence-corrected chi connectivity index (χ2v) is 7.35. The van der Waals surface area contributed by atoms with Crippen molar-refractivity contribution in [1.29, 1.82) is 0 Å². The van der Waals surface area contributed by atoms with Crippen molar-refractivity contribution in [3.8, 4) is 0 Å². The van der Waals surface area contributed by atoms with Gasteiger partial charge in [-0.15, -0.1) is 11.3 Å². The zero-order valence-corrected chi connectivity index (χ0v) is 14.9. The summed E-state index contributed by atoms with van der Waals surface area (Å²) in [6.07, 6.45) is 3.82. The van der Waals surface area contributed by atoms with Crippen LogP contribution in [0.4, 0.5) is 15.5 Å². The van der Waals surface area contributed by atoms with Crippen molar-refractivity contribution in [2.45, 2.75) is 25.7 Å². The molecule has 0 unspecified atom stereocenters. The highest BCUT2D eigenvalue weighted by Crippen LogP contribution is 2.38. The molecule has 1 aromatic carbocycles. The number of aryl methyl sites for hydroxylation is 1. The van der Waals surface area contributed by atoms with E-state index in [4.69, 9.17) is 28.9 Å². The maximum absolute atomic E-state index is 12.3. The zero-order valence-electron chi connectivity index (χ0n) is 12.6. The Balaban J connectivity index is 1.83. The third-order valence-corrected chi connectivity index (χ3v) is 5.87. The summed E-state index contributed by atoms with van der Waals surface area (Å²) >= 11 is 13.4. The number of fused-ring (bicyclic) bond motifs is 1. The molecule has 5 nitrogen and oxygen atoms in total. The second kappa shape index (κ2) is 7.01. The van der Waals surface area contributed by atoms with Crippen LogP contribution in [0.25, 0.3) is 0 Å². The van der Waals surface area contributed by atoms with Gasteiger partial charge in [0.05, 0.1) is 21.3 Å². The van der Waals surface area contributed by atoms with E-state index in [1.54, 1.807) is 18.2 Å². The highest BCUT2D eigenvalue weighted by Gasteiger charge is 2.25. The molecule has 126 valence electrons. The number of anilines is 2. The van der Waals surface area contributed by atoms with Crippen molar-refractivity contribution in [1.82, 2.24) is 0 Å². The number of hydrogen-bond acceptors (Lipinski definition) is 3. The summed E-state index contributed by atoms with van der Waals surface area (Å²) in [6.45, 7) is 0. The number of rotatable bonds is 3. The quantitative estimate of drug-likeness (QED) is 0.718. The molecule has 0 bridgehead atoms. The molecule has 3 rings (SSSR count). The van der Waals surface area contributed by atoms with Gasteiger partial charge in [0.1, 0.15) is 5.00 Å². The molecule has 1 aromatic heterocycles. The van der Waals surface area contributed by atoms with Crippen LogP contribution >= 0.6 is 34.5 Å². The van der Waals surface area contributed by atoms with Crippen molar-refractivity contribution in [3.63, 3.8) is 0 Å². The second-order valence-electron chi connectivity index (χ2n) is 5.46. The van der Waals surface area contributed by atoms with Gasteiger partial charge in [0.15, 0.2) is 0 Å². The van der Waals surface area contributed by atoms with E-state index in [2.05, 4.69) is 10.6 Å². The number of thiophene rings is 1. The molecule has 0 saturated heterocycles. The topological polar surface area (TPSA) is 84.2 Å². The van der Waals surface area contributed by atoms with Crippen molar-refractivity contribution in [2.24, 2.45) is 5.73 Å². The Morgan fingerprint density at radius 1 is 1.12 bits per heavy atom. The highest BCUT2D eigenvalue weighted by atomic mass is 35.5. The number of carbonyl (C=O) groups is 2.